The summed E-state index contributed by atoms with van der Waals surface area (Å²) in [5.74, 6) is 2.63. The molecule has 5 nitrogen and oxygen atoms in total. The fourth-order valence-corrected chi connectivity index (χ4v) is 5.42. The van der Waals surface area contributed by atoms with Gasteiger partial charge in [0.05, 0.1) is 0 Å². The Morgan fingerprint density at radius 3 is 2.65 bits per heavy atom. The van der Waals surface area contributed by atoms with Crippen molar-refractivity contribution in [3.8, 4) is 23.0 Å². The van der Waals surface area contributed by atoms with E-state index in [1.165, 1.54) is 6.42 Å². The highest BCUT2D eigenvalue weighted by Crippen LogP contribution is 2.48. The maximum Gasteiger partial charge on any atom is 0.150 e. The van der Waals surface area contributed by atoms with Crippen LogP contribution in [0.4, 0.5) is 0 Å². The van der Waals surface area contributed by atoms with E-state index in [9.17, 15) is 10.2 Å². The van der Waals surface area contributed by atoms with Gasteiger partial charge in [0, 0.05) is 29.3 Å². The van der Waals surface area contributed by atoms with Crippen LogP contribution in [0, 0.1) is 5.92 Å². The van der Waals surface area contributed by atoms with Crippen molar-refractivity contribution in [2.75, 3.05) is 19.7 Å². The number of benzene rings is 3. The fourth-order valence-electron chi connectivity index (χ4n) is 5.42. The van der Waals surface area contributed by atoms with Crippen LogP contribution in [0.1, 0.15) is 55.5 Å². The van der Waals surface area contributed by atoms with E-state index < -0.39 is 6.10 Å². The van der Waals surface area contributed by atoms with Crippen molar-refractivity contribution in [3.63, 3.8) is 0 Å². The summed E-state index contributed by atoms with van der Waals surface area (Å²) in [5, 5.41) is 20.3. The summed E-state index contributed by atoms with van der Waals surface area (Å²) in [6, 6.07) is 18.8. The first-order valence-electron chi connectivity index (χ1n) is 13.0. The van der Waals surface area contributed by atoms with Crippen LogP contribution in [0.5, 0.6) is 23.0 Å². The van der Waals surface area contributed by atoms with Crippen molar-refractivity contribution in [1.82, 2.24) is 4.90 Å². The van der Waals surface area contributed by atoms with E-state index in [1.54, 1.807) is 30.3 Å². The zero-order valence-electron chi connectivity index (χ0n) is 21.8. The van der Waals surface area contributed by atoms with E-state index in [1.807, 2.05) is 37.3 Å². The van der Waals surface area contributed by atoms with E-state index in [0.717, 1.165) is 58.2 Å². The number of hydrogen-bond donors (Lipinski definition) is 2. The van der Waals surface area contributed by atoms with Crippen LogP contribution in [0.25, 0.3) is 17.2 Å². The Balaban J connectivity index is 1.48. The Morgan fingerprint density at radius 2 is 1.92 bits per heavy atom. The Kier molecular flexibility index (Phi) is 6.98. The number of likely N-dealkylation sites (tertiary alicyclic amines) is 1. The molecule has 2 heterocycles. The van der Waals surface area contributed by atoms with Gasteiger partial charge < -0.3 is 19.7 Å². The molecule has 5 heteroatoms. The molecular weight excluding hydrogens is 462 g/mol. The lowest BCUT2D eigenvalue weighted by atomic mass is 9.85. The minimum atomic E-state index is -0.406. The predicted octanol–water partition coefficient (Wildman–Crippen LogP) is 6.91. The molecule has 3 aromatic rings. The molecule has 0 amide bonds. The van der Waals surface area contributed by atoms with E-state index >= 15 is 0 Å². The molecule has 0 aliphatic carbocycles. The zero-order valence-corrected chi connectivity index (χ0v) is 21.8. The summed E-state index contributed by atoms with van der Waals surface area (Å²) in [6.07, 6.45) is 2.66. The summed E-state index contributed by atoms with van der Waals surface area (Å²) in [5.41, 5.74) is 5.50. The van der Waals surface area contributed by atoms with Crippen molar-refractivity contribution >= 4 is 17.2 Å². The molecule has 5 rings (SSSR count). The lowest BCUT2D eigenvalue weighted by molar-refractivity contribution is 0.169. The van der Waals surface area contributed by atoms with Gasteiger partial charge in [0.1, 0.15) is 35.7 Å². The Bertz CT molecular complexity index is 1340. The molecule has 3 aromatic carbocycles. The van der Waals surface area contributed by atoms with Gasteiger partial charge in [0.2, 0.25) is 0 Å². The van der Waals surface area contributed by atoms with Gasteiger partial charge in [0.15, 0.2) is 0 Å². The first kappa shape index (κ1) is 25.0. The molecule has 1 saturated heterocycles. The molecule has 37 heavy (non-hydrogen) atoms. The molecule has 1 unspecified atom stereocenters. The van der Waals surface area contributed by atoms with Crippen LogP contribution in [0.2, 0.25) is 0 Å². The number of ether oxygens (including phenoxy) is 2. The Labute approximate surface area is 219 Å². The van der Waals surface area contributed by atoms with E-state index in [4.69, 9.17) is 9.47 Å². The van der Waals surface area contributed by atoms with Crippen LogP contribution in [0.3, 0.4) is 0 Å². The summed E-state index contributed by atoms with van der Waals surface area (Å²) in [7, 11) is 0. The second kappa shape index (κ2) is 10.3. The molecule has 0 aromatic heterocycles. The molecular formula is C32H35NO4. The van der Waals surface area contributed by atoms with Gasteiger partial charge >= 0.3 is 0 Å². The maximum absolute atomic E-state index is 10.2. The number of rotatable bonds is 7. The van der Waals surface area contributed by atoms with Crippen molar-refractivity contribution in [2.45, 2.75) is 39.3 Å². The van der Waals surface area contributed by atoms with Crippen molar-refractivity contribution in [3.05, 3.63) is 89.5 Å². The Hall–Kier alpha value is -3.70. The average molecular weight is 498 g/mol. The van der Waals surface area contributed by atoms with Gasteiger partial charge in [-0.3, -0.25) is 4.90 Å². The first-order chi connectivity index (χ1) is 17.8. The number of hydrogen-bond acceptors (Lipinski definition) is 5. The fraction of sp³-hybridized carbons (Fsp3) is 0.312. The first-order valence-corrected chi connectivity index (χ1v) is 13.0. The molecule has 2 aliphatic rings. The topological polar surface area (TPSA) is 62.2 Å². The number of phenols is 2. The van der Waals surface area contributed by atoms with Crippen LogP contribution in [-0.4, -0.2) is 40.9 Å². The number of fused-ring (bicyclic) bond motifs is 1. The van der Waals surface area contributed by atoms with Gasteiger partial charge in [-0.15, -0.1) is 0 Å². The molecule has 0 radical (unpaired) electrons. The van der Waals surface area contributed by atoms with Gasteiger partial charge in [-0.2, -0.15) is 0 Å². The third-order valence-corrected chi connectivity index (χ3v) is 7.55. The molecule has 0 spiro atoms. The molecule has 2 N–H and O–H groups in total. The van der Waals surface area contributed by atoms with Gasteiger partial charge in [-0.05, 0) is 91.9 Å². The third kappa shape index (κ3) is 5.09. The maximum atomic E-state index is 10.2. The third-order valence-electron chi connectivity index (χ3n) is 7.55. The second-order valence-electron chi connectivity index (χ2n) is 10.3. The molecule has 0 saturated carbocycles. The highest BCUT2D eigenvalue weighted by atomic mass is 16.5. The SMILES string of the molecule is C=Cc1cc(C2Oc3ccc(O)cc3C(C)=C2c2cccc(O)c2)ccc1OC[C@H](C)N1CC[C@@H](C)C1. The highest BCUT2D eigenvalue weighted by Gasteiger charge is 2.30. The number of phenolic OH excluding ortho intramolecular Hbond substituents is 2. The van der Waals surface area contributed by atoms with Crippen LogP contribution < -0.4 is 9.47 Å². The smallest absolute Gasteiger partial charge is 0.150 e. The number of nitrogens with zero attached hydrogens (tertiary/aromatic N) is 1. The normalized spacial score (nSPS) is 20.3. The second-order valence-corrected chi connectivity index (χ2v) is 10.3. The van der Waals surface area contributed by atoms with E-state index in [0.29, 0.717) is 18.4 Å². The quantitative estimate of drug-likeness (QED) is 0.371. The number of aromatic hydroxyl groups is 2. The van der Waals surface area contributed by atoms with Gasteiger partial charge in [-0.25, -0.2) is 0 Å². The monoisotopic (exact) mass is 497 g/mol. The molecule has 2 aliphatic heterocycles. The van der Waals surface area contributed by atoms with E-state index in [2.05, 4.69) is 31.4 Å². The molecule has 1 fully saturated rings. The van der Waals surface area contributed by atoms with Gasteiger partial charge in [0.25, 0.3) is 0 Å². The van der Waals surface area contributed by atoms with Crippen LogP contribution in [-0.2, 0) is 0 Å². The number of allylic oxidation sites excluding steroid dienone is 1. The minimum absolute atomic E-state index is 0.184. The lowest BCUT2D eigenvalue weighted by Gasteiger charge is -2.31. The standard InChI is InChI=1S/C32H35NO4/c1-5-23-15-25(9-11-29(23)36-19-21(3)33-14-13-20(2)18-33)32-31(24-7-6-8-26(34)16-24)22(4)28-17-27(35)10-12-30(28)37-32/h5-12,15-17,20-21,32,34-35H,1,13-14,18-19H2,2-4H3/t20-,21+,32?/m1/s1. The van der Waals surface area contributed by atoms with E-state index in [-0.39, 0.29) is 11.5 Å². The lowest BCUT2D eigenvalue weighted by Crippen LogP contribution is -2.35. The highest BCUT2D eigenvalue weighted by molar-refractivity contribution is 5.96. The summed E-state index contributed by atoms with van der Waals surface area (Å²) >= 11 is 0. The van der Waals surface area contributed by atoms with Crippen LogP contribution >= 0.6 is 0 Å². The zero-order chi connectivity index (χ0) is 26.1. The summed E-state index contributed by atoms with van der Waals surface area (Å²) in [4.78, 5) is 2.49. The predicted molar refractivity (Wildman–Crippen MR) is 149 cm³/mol. The summed E-state index contributed by atoms with van der Waals surface area (Å²) < 4.78 is 12.8. The van der Waals surface area contributed by atoms with Crippen molar-refractivity contribution in [2.24, 2.45) is 5.92 Å². The molecule has 192 valence electrons. The van der Waals surface area contributed by atoms with Crippen molar-refractivity contribution in [1.29, 1.82) is 0 Å². The Morgan fingerprint density at radius 1 is 1.11 bits per heavy atom. The van der Waals surface area contributed by atoms with Crippen molar-refractivity contribution < 1.29 is 19.7 Å². The average Bonchev–Trinajstić information content (AvgIpc) is 3.33. The van der Waals surface area contributed by atoms with Crippen LogP contribution in [0.15, 0.2) is 67.2 Å². The van der Waals surface area contributed by atoms with Gasteiger partial charge in [-0.1, -0.05) is 37.8 Å². The molecule has 0 bridgehead atoms. The summed E-state index contributed by atoms with van der Waals surface area (Å²) in [6.45, 7) is 13.5. The minimum Gasteiger partial charge on any atom is -0.508 e. The largest absolute Gasteiger partial charge is 0.508 e. The molecule has 3 atom stereocenters.